The first-order chi connectivity index (χ1) is 12.4. The van der Waals surface area contributed by atoms with E-state index >= 15 is 0 Å². The fourth-order valence-corrected chi connectivity index (χ4v) is 8.38. The van der Waals surface area contributed by atoms with Gasteiger partial charge in [-0.05, 0) is 34.7 Å². The Hall–Kier alpha value is -1.42. The third kappa shape index (κ3) is 3.89. The van der Waals surface area contributed by atoms with Crippen LogP contribution in [-0.2, 0) is 9.16 Å². The maximum absolute atomic E-state index is 7.83. The monoisotopic (exact) mass is 355 g/mol. The van der Waals surface area contributed by atoms with E-state index in [9.17, 15) is 0 Å². The van der Waals surface area contributed by atoms with Crippen LogP contribution >= 0.6 is 0 Å². The Kier molecular flexibility index (Phi) is 5.35. The van der Waals surface area contributed by atoms with Gasteiger partial charge in [0.2, 0.25) is 0 Å². The number of rotatable bonds is 5. The molecule has 0 N–H and O–H groups in total. The van der Waals surface area contributed by atoms with E-state index < -0.39 is 8.32 Å². The van der Waals surface area contributed by atoms with Gasteiger partial charge in [-0.25, -0.2) is 0 Å². The van der Waals surface area contributed by atoms with E-state index in [1.165, 1.54) is 10.4 Å². The molecule has 0 aliphatic carbocycles. The Balaban J connectivity index is 1.97. The topological polar surface area (TPSA) is 18.5 Å². The summed E-state index contributed by atoms with van der Waals surface area (Å²) in [7, 11) is -2.48. The average Bonchev–Trinajstić information content (AvgIpc) is 2.64. The molecule has 1 saturated heterocycles. The summed E-state index contributed by atoms with van der Waals surface area (Å²) < 4.78 is 20.6. The number of hydrogen-bond acceptors (Lipinski definition) is 2. The molecule has 2 unspecified atom stereocenters. The molecule has 0 aromatic heterocycles. The van der Waals surface area contributed by atoms with E-state index in [0.717, 1.165) is 12.8 Å². The lowest BCUT2D eigenvalue weighted by Gasteiger charge is -2.44. The maximum Gasteiger partial charge on any atom is 0.261 e. The van der Waals surface area contributed by atoms with E-state index in [1.807, 2.05) is 0 Å². The molecule has 3 rings (SSSR count). The third-order valence-corrected chi connectivity index (χ3v) is 10.0. The zero-order chi connectivity index (χ0) is 18.6. The number of hydrogen-bond donors (Lipinski definition) is 0. The molecule has 0 spiro atoms. The molecule has 0 amide bonds. The molecule has 1 heterocycles. The molecular weight excluding hydrogens is 324 g/mol. The standard InChI is InChI=1S/C22H30O2Si/c1-22(2,3)25(20-13-6-4-7-14-20,21-15-8-5-9-16-21)24-18-19-12-10-11-17-23-19/h4-9,13-16,19H,10-12,17-18H2,1-3H3/i11D. The molecule has 0 bridgehead atoms. The summed E-state index contributed by atoms with van der Waals surface area (Å²) in [5, 5.41) is 2.59. The van der Waals surface area contributed by atoms with Gasteiger partial charge in [-0.2, -0.15) is 0 Å². The van der Waals surface area contributed by atoms with Gasteiger partial charge in [-0.3, -0.25) is 0 Å². The SMILES string of the molecule is [2H]C1CCC(CO[Si](c2ccccc2)(c2ccccc2)C(C)(C)C)OC1. The van der Waals surface area contributed by atoms with Crippen molar-refractivity contribution in [2.75, 3.05) is 13.2 Å². The highest BCUT2D eigenvalue weighted by molar-refractivity contribution is 6.99. The van der Waals surface area contributed by atoms with Gasteiger partial charge in [0.15, 0.2) is 0 Å². The lowest BCUT2D eigenvalue weighted by atomic mass is 10.1. The van der Waals surface area contributed by atoms with Gasteiger partial charge in [-0.15, -0.1) is 0 Å². The first-order valence-electron chi connectivity index (χ1n) is 9.80. The van der Waals surface area contributed by atoms with Crippen molar-refractivity contribution in [3.05, 3.63) is 60.7 Å². The Morgan fingerprint density at radius 1 is 1.04 bits per heavy atom. The van der Waals surface area contributed by atoms with Crippen LogP contribution in [0.25, 0.3) is 0 Å². The van der Waals surface area contributed by atoms with Crippen molar-refractivity contribution in [2.24, 2.45) is 0 Å². The van der Waals surface area contributed by atoms with Gasteiger partial charge < -0.3 is 9.16 Å². The maximum atomic E-state index is 7.83. The summed E-state index contributed by atoms with van der Waals surface area (Å²) in [5.74, 6) is 0. The zero-order valence-electron chi connectivity index (χ0n) is 16.6. The second-order valence-electron chi connectivity index (χ2n) is 7.80. The van der Waals surface area contributed by atoms with Gasteiger partial charge in [0.1, 0.15) is 0 Å². The highest BCUT2D eigenvalue weighted by Gasteiger charge is 2.50. The molecule has 2 aromatic rings. The first kappa shape index (κ1) is 17.0. The molecule has 1 aliphatic heterocycles. The Morgan fingerprint density at radius 3 is 2.04 bits per heavy atom. The van der Waals surface area contributed by atoms with E-state index in [2.05, 4.69) is 81.4 Å². The van der Waals surface area contributed by atoms with Crippen molar-refractivity contribution >= 4 is 18.7 Å². The summed E-state index contributed by atoms with van der Waals surface area (Å²) in [4.78, 5) is 0. The number of benzene rings is 2. The van der Waals surface area contributed by atoms with E-state index in [-0.39, 0.29) is 17.5 Å². The molecule has 2 atom stereocenters. The highest BCUT2D eigenvalue weighted by Crippen LogP contribution is 2.37. The molecule has 25 heavy (non-hydrogen) atoms. The second kappa shape index (κ2) is 7.86. The summed E-state index contributed by atoms with van der Waals surface area (Å²) in [6, 6.07) is 21.4. The van der Waals surface area contributed by atoms with Gasteiger partial charge in [0, 0.05) is 7.98 Å². The fraction of sp³-hybridized carbons (Fsp3) is 0.455. The van der Waals surface area contributed by atoms with Gasteiger partial charge in [0.25, 0.3) is 8.32 Å². The lowest BCUT2D eigenvalue weighted by molar-refractivity contribution is -0.0132. The van der Waals surface area contributed by atoms with Crippen LogP contribution in [0.3, 0.4) is 0 Å². The van der Waals surface area contributed by atoms with Crippen molar-refractivity contribution in [3.63, 3.8) is 0 Å². The van der Waals surface area contributed by atoms with Crippen LogP contribution in [-0.4, -0.2) is 27.6 Å². The lowest BCUT2D eigenvalue weighted by Crippen LogP contribution is -2.67. The molecule has 2 nitrogen and oxygen atoms in total. The molecular formula is C22H30O2Si. The predicted molar refractivity (Wildman–Crippen MR) is 107 cm³/mol. The van der Waals surface area contributed by atoms with Crippen molar-refractivity contribution < 1.29 is 10.5 Å². The average molecular weight is 356 g/mol. The Labute approximate surface area is 154 Å². The smallest absolute Gasteiger partial charge is 0.261 e. The van der Waals surface area contributed by atoms with Crippen LogP contribution < -0.4 is 10.4 Å². The summed E-state index contributed by atoms with van der Waals surface area (Å²) in [6.45, 7) is 8.00. The first-order valence-corrected chi connectivity index (χ1v) is 11.1. The summed E-state index contributed by atoms with van der Waals surface area (Å²) >= 11 is 0. The van der Waals surface area contributed by atoms with Crippen molar-refractivity contribution in [2.45, 2.75) is 51.2 Å². The van der Waals surface area contributed by atoms with Crippen LogP contribution in [0.1, 0.15) is 41.4 Å². The molecule has 3 heteroatoms. The molecule has 1 fully saturated rings. The molecule has 1 aliphatic rings. The quantitative estimate of drug-likeness (QED) is 0.751. The van der Waals surface area contributed by atoms with Crippen LogP contribution in [0, 0.1) is 0 Å². The summed E-state index contributed by atoms with van der Waals surface area (Å²) in [6.07, 6.45) is 1.82. The molecule has 0 saturated carbocycles. The largest absolute Gasteiger partial charge is 0.405 e. The minimum absolute atomic E-state index is 0.0116. The molecule has 0 radical (unpaired) electrons. The zero-order valence-corrected chi connectivity index (χ0v) is 16.6. The summed E-state index contributed by atoms with van der Waals surface area (Å²) in [5.41, 5.74) is 0. The fourth-order valence-electron chi connectivity index (χ4n) is 3.79. The van der Waals surface area contributed by atoms with Crippen LogP contribution in [0.2, 0.25) is 5.04 Å². The minimum atomic E-state index is -2.48. The van der Waals surface area contributed by atoms with Crippen molar-refractivity contribution in [1.29, 1.82) is 0 Å². The molecule has 134 valence electrons. The van der Waals surface area contributed by atoms with Crippen molar-refractivity contribution in [1.82, 2.24) is 0 Å². The van der Waals surface area contributed by atoms with E-state index in [0.29, 0.717) is 13.2 Å². The van der Waals surface area contributed by atoms with Gasteiger partial charge in [0.05, 0.1) is 12.7 Å². The van der Waals surface area contributed by atoms with Gasteiger partial charge in [-0.1, -0.05) is 81.4 Å². The second-order valence-corrected chi connectivity index (χ2v) is 12.1. The van der Waals surface area contributed by atoms with Crippen molar-refractivity contribution in [3.8, 4) is 0 Å². The third-order valence-electron chi connectivity index (χ3n) is 5.05. The van der Waals surface area contributed by atoms with Gasteiger partial charge >= 0.3 is 0 Å². The van der Waals surface area contributed by atoms with E-state index in [4.69, 9.17) is 10.5 Å². The van der Waals surface area contributed by atoms with Crippen LogP contribution in [0.5, 0.6) is 0 Å². The van der Waals surface area contributed by atoms with Crippen LogP contribution in [0.15, 0.2) is 60.7 Å². The number of ether oxygens (including phenoxy) is 1. The normalized spacial score (nSPS) is 22.4. The molecule has 2 aromatic carbocycles. The predicted octanol–water partition coefficient (Wildman–Crippen LogP) is 4.13. The van der Waals surface area contributed by atoms with Crippen LogP contribution in [0.4, 0.5) is 0 Å². The van der Waals surface area contributed by atoms with E-state index in [1.54, 1.807) is 0 Å². The minimum Gasteiger partial charge on any atom is -0.405 e. The highest BCUT2D eigenvalue weighted by atomic mass is 28.4. The Bertz CT molecular complexity index is 637. The Morgan fingerprint density at radius 2 is 1.60 bits per heavy atom.